The number of hydrogen-bond donors (Lipinski definition) is 2. The first-order chi connectivity index (χ1) is 9.11. The molecule has 2 N–H and O–H groups in total. The second kappa shape index (κ2) is 6.73. The van der Waals surface area contributed by atoms with Gasteiger partial charge in [0.25, 0.3) is 5.91 Å². The van der Waals surface area contributed by atoms with Gasteiger partial charge in [0.1, 0.15) is 0 Å². The Morgan fingerprint density at radius 1 is 1.42 bits per heavy atom. The van der Waals surface area contributed by atoms with Crippen molar-refractivity contribution < 1.29 is 9.90 Å². The minimum absolute atomic E-state index is 0.0636. The number of carbonyl (C=O) groups excluding carboxylic acids is 1. The fourth-order valence-electron chi connectivity index (χ4n) is 2.51. The zero-order valence-electron chi connectivity index (χ0n) is 10.5. The SMILES string of the molecule is O=C(NC1CCCCC1CO)c1ccc(Br)c(Cl)c1. The molecule has 2 unspecified atom stereocenters. The van der Waals surface area contributed by atoms with Crippen LogP contribution in [0.5, 0.6) is 0 Å². The van der Waals surface area contributed by atoms with Crippen LogP contribution in [0.15, 0.2) is 22.7 Å². The van der Waals surface area contributed by atoms with Crippen LogP contribution >= 0.6 is 27.5 Å². The Bertz CT molecular complexity index is 467. The van der Waals surface area contributed by atoms with E-state index in [-0.39, 0.29) is 24.5 Å². The summed E-state index contributed by atoms with van der Waals surface area (Å²) in [6.07, 6.45) is 4.13. The highest BCUT2D eigenvalue weighted by atomic mass is 79.9. The molecule has 2 atom stereocenters. The molecule has 0 radical (unpaired) electrons. The Labute approximate surface area is 126 Å². The molecule has 0 aliphatic heterocycles. The number of nitrogens with one attached hydrogen (secondary N) is 1. The first-order valence-electron chi connectivity index (χ1n) is 6.48. The number of rotatable bonds is 3. The smallest absolute Gasteiger partial charge is 0.251 e. The van der Waals surface area contributed by atoms with E-state index in [1.165, 1.54) is 0 Å². The van der Waals surface area contributed by atoms with Crippen molar-refractivity contribution in [1.29, 1.82) is 0 Å². The maximum atomic E-state index is 12.2. The van der Waals surface area contributed by atoms with E-state index in [4.69, 9.17) is 11.6 Å². The lowest BCUT2D eigenvalue weighted by Crippen LogP contribution is -2.43. The van der Waals surface area contributed by atoms with Gasteiger partial charge >= 0.3 is 0 Å². The monoisotopic (exact) mass is 345 g/mol. The summed E-state index contributed by atoms with van der Waals surface area (Å²) in [6, 6.07) is 5.22. The summed E-state index contributed by atoms with van der Waals surface area (Å²) in [5, 5.41) is 12.9. The Morgan fingerprint density at radius 2 is 2.16 bits per heavy atom. The van der Waals surface area contributed by atoms with E-state index in [1.54, 1.807) is 18.2 Å². The van der Waals surface area contributed by atoms with Crippen LogP contribution in [-0.4, -0.2) is 23.7 Å². The summed E-state index contributed by atoms with van der Waals surface area (Å²) in [5.74, 6) is 0.0448. The first-order valence-corrected chi connectivity index (χ1v) is 7.65. The lowest BCUT2D eigenvalue weighted by Gasteiger charge is -2.30. The molecule has 0 saturated heterocycles. The maximum Gasteiger partial charge on any atom is 0.251 e. The lowest BCUT2D eigenvalue weighted by atomic mass is 9.85. The minimum Gasteiger partial charge on any atom is -0.396 e. The third kappa shape index (κ3) is 3.71. The Morgan fingerprint density at radius 3 is 2.84 bits per heavy atom. The Hall–Kier alpha value is -0.580. The minimum atomic E-state index is -0.125. The molecule has 19 heavy (non-hydrogen) atoms. The van der Waals surface area contributed by atoms with Gasteiger partial charge in [-0.25, -0.2) is 0 Å². The third-order valence-corrected chi connectivity index (χ3v) is 4.87. The van der Waals surface area contributed by atoms with Gasteiger partial charge in [-0.2, -0.15) is 0 Å². The quantitative estimate of drug-likeness (QED) is 0.881. The molecule has 0 heterocycles. The van der Waals surface area contributed by atoms with E-state index in [1.807, 2.05) is 0 Å². The highest BCUT2D eigenvalue weighted by molar-refractivity contribution is 9.10. The van der Waals surface area contributed by atoms with E-state index < -0.39 is 0 Å². The third-order valence-electron chi connectivity index (χ3n) is 3.64. The number of amides is 1. The van der Waals surface area contributed by atoms with Crippen LogP contribution < -0.4 is 5.32 Å². The molecule has 5 heteroatoms. The van der Waals surface area contributed by atoms with Crippen LogP contribution in [0, 0.1) is 5.92 Å². The average molecular weight is 347 g/mol. The molecule has 1 aliphatic rings. The Kier molecular flexibility index (Phi) is 5.25. The van der Waals surface area contributed by atoms with Crippen molar-refractivity contribution in [3.63, 3.8) is 0 Å². The van der Waals surface area contributed by atoms with E-state index in [0.717, 1.165) is 30.2 Å². The predicted molar refractivity (Wildman–Crippen MR) is 79.5 cm³/mol. The number of carbonyl (C=O) groups is 1. The summed E-state index contributed by atoms with van der Waals surface area (Å²) in [4.78, 5) is 12.2. The second-order valence-electron chi connectivity index (χ2n) is 4.94. The van der Waals surface area contributed by atoms with Crippen molar-refractivity contribution in [1.82, 2.24) is 5.32 Å². The number of aliphatic hydroxyl groups excluding tert-OH is 1. The molecule has 104 valence electrons. The first kappa shape index (κ1) is 14.8. The highest BCUT2D eigenvalue weighted by Gasteiger charge is 2.26. The van der Waals surface area contributed by atoms with Crippen LogP contribution in [0.25, 0.3) is 0 Å². The molecule has 2 rings (SSSR count). The molecule has 3 nitrogen and oxygen atoms in total. The van der Waals surface area contributed by atoms with Crippen LogP contribution in [0.1, 0.15) is 36.0 Å². The van der Waals surface area contributed by atoms with Gasteiger partial charge in [-0.1, -0.05) is 24.4 Å². The van der Waals surface area contributed by atoms with Gasteiger partial charge in [0.2, 0.25) is 0 Å². The van der Waals surface area contributed by atoms with E-state index in [0.29, 0.717) is 10.6 Å². The van der Waals surface area contributed by atoms with Crippen LogP contribution in [0.3, 0.4) is 0 Å². The summed E-state index contributed by atoms with van der Waals surface area (Å²) >= 11 is 9.29. The number of benzene rings is 1. The number of aliphatic hydroxyl groups is 1. The standard InChI is InChI=1S/C14H17BrClNO2/c15-11-6-5-9(7-12(11)16)14(19)17-13-4-2-1-3-10(13)8-18/h5-7,10,13,18H,1-4,8H2,(H,17,19). The largest absolute Gasteiger partial charge is 0.396 e. The molecule has 1 aromatic rings. The molecule has 0 spiro atoms. The number of halogens is 2. The number of hydrogen-bond acceptors (Lipinski definition) is 2. The van der Waals surface area contributed by atoms with Crippen molar-refractivity contribution in [3.05, 3.63) is 33.3 Å². The topological polar surface area (TPSA) is 49.3 Å². The van der Waals surface area contributed by atoms with Crippen molar-refractivity contribution in [2.45, 2.75) is 31.7 Å². The maximum absolute atomic E-state index is 12.2. The zero-order valence-corrected chi connectivity index (χ0v) is 12.9. The zero-order chi connectivity index (χ0) is 13.8. The molecule has 1 aliphatic carbocycles. The molecule has 0 aromatic heterocycles. The molecule has 1 fully saturated rings. The van der Waals surface area contributed by atoms with Gasteiger partial charge < -0.3 is 10.4 Å². The van der Waals surface area contributed by atoms with E-state index >= 15 is 0 Å². The van der Waals surface area contributed by atoms with Crippen molar-refractivity contribution in [2.24, 2.45) is 5.92 Å². The molecule has 1 saturated carbocycles. The summed E-state index contributed by atoms with van der Waals surface area (Å²) in [6.45, 7) is 0.131. The van der Waals surface area contributed by atoms with Crippen LogP contribution in [-0.2, 0) is 0 Å². The highest BCUT2D eigenvalue weighted by Crippen LogP contribution is 2.26. The van der Waals surface area contributed by atoms with Crippen molar-refractivity contribution in [3.8, 4) is 0 Å². The fourth-order valence-corrected chi connectivity index (χ4v) is 2.93. The van der Waals surface area contributed by atoms with Gasteiger partial charge in [0, 0.05) is 28.6 Å². The molecule has 1 amide bonds. The van der Waals surface area contributed by atoms with Gasteiger partial charge in [-0.15, -0.1) is 0 Å². The van der Waals surface area contributed by atoms with Crippen LogP contribution in [0.4, 0.5) is 0 Å². The summed E-state index contributed by atoms with van der Waals surface area (Å²) in [7, 11) is 0. The van der Waals surface area contributed by atoms with E-state index in [9.17, 15) is 9.90 Å². The van der Waals surface area contributed by atoms with Gasteiger partial charge in [-0.05, 0) is 47.0 Å². The summed E-state index contributed by atoms with van der Waals surface area (Å²) < 4.78 is 0.775. The van der Waals surface area contributed by atoms with Gasteiger partial charge in [0.05, 0.1) is 5.02 Å². The van der Waals surface area contributed by atoms with Gasteiger partial charge in [0.15, 0.2) is 0 Å². The normalized spacial score (nSPS) is 23.1. The molecular weight excluding hydrogens is 330 g/mol. The Balaban J connectivity index is 2.05. The average Bonchev–Trinajstić information content (AvgIpc) is 2.42. The lowest BCUT2D eigenvalue weighted by molar-refractivity contribution is 0.0872. The molecule has 1 aromatic carbocycles. The van der Waals surface area contributed by atoms with Gasteiger partial charge in [-0.3, -0.25) is 4.79 Å². The molecule has 0 bridgehead atoms. The predicted octanol–water partition coefficient (Wildman–Crippen LogP) is 3.38. The van der Waals surface area contributed by atoms with Crippen molar-refractivity contribution in [2.75, 3.05) is 6.61 Å². The van der Waals surface area contributed by atoms with Crippen LogP contribution in [0.2, 0.25) is 5.02 Å². The molecular formula is C14H17BrClNO2. The fraction of sp³-hybridized carbons (Fsp3) is 0.500. The van der Waals surface area contributed by atoms with Crippen molar-refractivity contribution >= 4 is 33.4 Å². The second-order valence-corrected chi connectivity index (χ2v) is 6.20. The summed E-state index contributed by atoms with van der Waals surface area (Å²) in [5.41, 5.74) is 0.551. The van der Waals surface area contributed by atoms with E-state index in [2.05, 4.69) is 21.2 Å².